The van der Waals surface area contributed by atoms with Crippen LogP contribution in [0.1, 0.15) is 55.8 Å². The van der Waals surface area contributed by atoms with Crippen LogP contribution in [0.15, 0.2) is 12.1 Å². The molecule has 2 unspecified atom stereocenters. The zero-order valence-corrected chi connectivity index (χ0v) is 13.1. The summed E-state index contributed by atoms with van der Waals surface area (Å²) in [6, 6.07) is 4.40. The van der Waals surface area contributed by atoms with Gasteiger partial charge in [-0.2, -0.15) is 0 Å². The van der Waals surface area contributed by atoms with E-state index in [-0.39, 0.29) is 23.4 Å². The van der Waals surface area contributed by atoms with Crippen LogP contribution in [0.4, 0.5) is 0 Å². The van der Waals surface area contributed by atoms with Gasteiger partial charge in [0.1, 0.15) is 0 Å². The molecule has 0 radical (unpaired) electrons. The first-order valence-electron chi connectivity index (χ1n) is 6.92. The minimum absolute atomic E-state index is 0.0381. The minimum Gasteiger partial charge on any atom is -0.336 e. The van der Waals surface area contributed by atoms with Crippen molar-refractivity contribution >= 4 is 17.2 Å². The third-order valence-corrected chi connectivity index (χ3v) is 5.38. The number of nitrogens with zero attached hydrogens (tertiary/aromatic N) is 1. The molecule has 19 heavy (non-hydrogen) atoms. The first-order valence-corrected chi connectivity index (χ1v) is 7.74. The van der Waals surface area contributed by atoms with Crippen LogP contribution in [0.2, 0.25) is 0 Å². The van der Waals surface area contributed by atoms with Crippen molar-refractivity contribution in [2.45, 2.75) is 57.5 Å². The molecular formula is C15H24N2OS. The van der Waals surface area contributed by atoms with E-state index in [9.17, 15) is 4.79 Å². The van der Waals surface area contributed by atoms with E-state index >= 15 is 0 Å². The second kappa shape index (κ2) is 5.25. The fourth-order valence-electron chi connectivity index (χ4n) is 2.58. The molecule has 0 spiro atoms. The van der Waals surface area contributed by atoms with Gasteiger partial charge in [-0.3, -0.25) is 4.79 Å². The summed E-state index contributed by atoms with van der Waals surface area (Å²) in [4.78, 5) is 16.4. The summed E-state index contributed by atoms with van der Waals surface area (Å²) >= 11 is 1.79. The van der Waals surface area contributed by atoms with Crippen LogP contribution < -0.4 is 5.73 Å². The highest BCUT2D eigenvalue weighted by atomic mass is 32.1. The van der Waals surface area contributed by atoms with E-state index < -0.39 is 0 Å². The number of nitrogens with two attached hydrogens (primary N) is 1. The molecule has 4 heteroatoms. The van der Waals surface area contributed by atoms with Gasteiger partial charge in [-0.1, -0.05) is 20.8 Å². The topological polar surface area (TPSA) is 46.3 Å². The van der Waals surface area contributed by atoms with Crippen LogP contribution in [-0.2, 0) is 10.2 Å². The second-order valence-electron chi connectivity index (χ2n) is 6.46. The smallest absolute Gasteiger partial charge is 0.222 e. The first-order chi connectivity index (χ1) is 8.80. The van der Waals surface area contributed by atoms with Gasteiger partial charge in [0.2, 0.25) is 5.91 Å². The van der Waals surface area contributed by atoms with Crippen molar-refractivity contribution < 1.29 is 4.79 Å². The lowest BCUT2D eigenvalue weighted by Gasteiger charge is -2.29. The van der Waals surface area contributed by atoms with Gasteiger partial charge in [0.25, 0.3) is 0 Å². The van der Waals surface area contributed by atoms with Crippen LogP contribution in [-0.4, -0.2) is 23.9 Å². The number of carbonyl (C=O) groups is 1. The Kier molecular flexibility index (Phi) is 4.02. The monoisotopic (exact) mass is 280 g/mol. The van der Waals surface area contributed by atoms with Crippen molar-refractivity contribution in [3.63, 3.8) is 0 Å². The Bertz CT molecular complexity index is 461. The molecular weight excluding hydrogens is 256 g/mol. The molecule has 0 aliphatic carbocycles. The van der Waals surface area contributed by atoms with Gasteiger partial charge < -0.3 is 10.6 Å². The van der Waals surface area contributed by atoms with E-state index in [2.05, 4.69) is 32.9 Å². The lowest BCUT2D eigenvalue weighted by atomic mass is 9.95. The van der Waals surface area contributed by atoms with Gasteiger partial charge in [0, 0.05) is 29.3 Å². The van der Waals surface area contributed by atoms with E-state index in [4.69, 9.17) is 5.73 Å². The predicted octanol–water partition coefficient (Wildman–Crippen LogP) is 3.06. The van der Waals surface area contributed by atoms with Crippen molar-refractivity contribution in [1.29, 1.82) is 0 Å². The van der Waals surface area contributed by atoms with E-state index in [0.717, 1.165) is 12.8 Å². The van der Waals surface area contributed by atoms with Gasteiger partial charge >= 0.3 is 0 Å². The van der Waals surface area contributed by atoms with Crippen molar-refractivity contribution in [2.75, 3.05) is 7.05 Å². The van der Waals surface area contributed by atoms with E-state index in [0.29, 0.717) is 6.42 Å². The number of hydrogen-bond donors (Lipinski definition) is 1. The Balaban J connectivity index is 2.32. The van der Waals surface area contributed by atoms with Crippen molar-refractivity contribution in [1.82, 2.24) is 4.90 Å². The molecule has 2 N–H and O–H groups in total. The lowest BCUT2D eigenvalue weighted by Crippen LogP contribution is -2.39. The highest BCUT2D eigenvalue weighted by molar-refractivity contribution is 7.12. The minimum atomic E-state index is 0.0381. The molecule has 3 nitrogen and oxygen atoms in total. The number of hydrogen-bond acceptors (Lipinski definition) is 3. The summed E-state index contributed by atoms with van der Waals surface area (Å²) in [5.41, 5.74) is 6.45. The third-order valence-electron chi connectivity index (χ3n) is 3.80. The highest BCUT2D eigenvalue weighted by Gasteiger charge is 2.32. The van der Waals surface area contributed by atoms with Gasteiger partial charge in [0.05, 0.1) is 6.04 Å². The molecule has 0 bridgehead atoms. The molecule has 1 aromatic heterocycles. The summed E-state index contributed by atoms with van der Waals surface area (Å²) in [5.74, 6) is 0.212. The fourth-order valence-corrected chi connectivity index (χ4v) is 3.87. The molecule has 1 aliphatic rings. The zero-order valence-electron chi connectivity index (χ0n) is 12.3. The zero-order chi connectivity index (χ0) is 14.2. The molecule has 0 saturated carbocycles. The van der Waals surface area contributed by atoms with Crippen LogP contribution in [0, 0.1) is 0 Å². The van der Waals surface area contributed by atoms with Crippen molar-refractivity contribution in [2.24, 2.45) is 5.73 Å². The molecule has 2 atom stereocenters. The SMILES string of the molecule is CN1C(=O)CCCC(N)C1c1ccc(C(C)(C)C)s1. The maximum atomic E-state index is 12.0. The summed E-state index contributed by atoms with van der Waals surface area (Å²) in [6.07, 6.45) is 2.44. The van der Waals surface area contributed by atoms with Crippen LogP contribution >= 0.6 is 11.3 Å². The van der Waals surface area contributed by atoms with E-state index in [1.807, 2.05) is 11.9 Å². The fraction of sp³-hybridized carbons (Fsp3) is 0.667. The average molecular weight is 280 g/mol. The van der Waals surface area contributed by atoms with Gasteiger partial charge in [0.15, 0.2) is 0 Å². The average Bonchev–Trinajstić information content (AvgIpc) is 2.73. The number of amides is 1. The van der Waals surface area contributed by atoms with Gasteiger partial charge in [-0.05, 0) is 30.4 Å². The predicted molar refractivity (Wildman–Crippen MR) is 80.4 cm³/mol. The molecule has 1 fully saturated rings. The Hall–Kier alpha value is -0.870. The first kappa shape index (κ1) is 14.5. The largest absolute Gasteiger partial charge is 0.336 e. The second-order valence-corrected chi connectivity index (χ2v) is 7.57. The van der Waals surface area contributed by atoms with Gasteiger partial charge in [-0.25, -0.2) is 0 Å². The van der Waals surface area contributed by atoms with Gasteiger partial charge in [-0.15, -0.1) is 11.3 Å². The summed E-state index contributed by atoms with van der Waals surface area (Å²) < 4.78 is 0. The third kappa shape index (κ3) is 3.00. The van der Waals surface area contributed by atoms with E-state index in [1.165, 1.54) is 9.75 Å². The molecule has 2 rings (SSSR count). The Morgan fingerprint density at radius 1 is 1.37 bits per heavy atom. The number of likely N-dealkylation sites (N-methyl/N-ethyl adjacent to an activating group) is 1. The number of carbonyl (C=O) groups excluding carboxylic acids is 1. The number of likely N-dealkylation sites (tertiary alicyclic amines) is 1. The van der Waals surface area contributed by atoms with Crippen LogP contribution in [0.5, 0.6) is 0 Å². The van der Waals surface area contributed by atoms with E-state index in [1.54, 1.807) is 11.3 Å². The van der Waals surface area contributed by atoms with Crippen LogP contribution in [0.25, 0.3) is 0 Å². The molecule has 0 aromatic carbocycles. The molecule has 1 saturated heterocycles. The summed E-state index contributed by atoms with van der Waals surface area (Å²) in [5, 5.41) is 0. The molecule has 1 amide bonds. The van der Waals surface area contributed by atoms with Crippen molar-refractivity contribution in [3.8, 4) is 0 Å². The summed E-state index contributed by atoms with van der Waals surface area (Å²) in [6.45, 7) is 6.64. The normalized spacial score (nSPS) is 25.5. The molecule has 2 heterocycles. The maximum absolute atomic E-state index is 12.0. The Morgan fingerprint density at radius 2 is 2.05 bits per heavy atom. The number of thiophene rings is 1. The number of rotatable bonds is 1. The lowest BCUT2D eigenvalue weighted by molar-refractivity contribution is -0.131. The Morgan fingerprint density at radius 3 is 2.63 bits per heavy atom. The molecule has 1 aliphatic heterocycles. The molecule has 1 aromatic rings. The van der Waals surface area contributed by atoms with Crippen LogP contribution in [0.3, 0.4) is 0 Å². The Labute approximate surface area is 119 Å². The molecule has 106 valence electrons. The van der Waals surface area contributed by atoms with Crippen molar-refractivity contribution in [3.05, 3.63) is 21.9 Å². The highest BCUT2D eigenvalue weighted by Crippen LogP contribution is 2.37. The maximum Gasteiger partial charge on any atom is 0.222 e. The quantitative estimate of drug-likeness (QED) is 0.859. The summed E-state index contributed by atoms with van der Waals surface area (Å²) in [7, 11) is 1.88. The standard InChI is InChI=1S/C15H24N2OS/c1-15(2,3)12-9-8-11(19-12)14-10(16)6-5-7-13(18)17(14)4/h8-10,14H,5-7,16H2,1-4H3.